The van der Waals surface area contributed by atoms with Crippen molar-refractivity contribution in [1.82, 2.24) is 15.0 Å². The summed E-state index contributed by atoms with van der Waals surface area (Å²) in [6, 6.07) is 0.0265. The van der Waals surface area contributed by atoms with Crippen molar-refractivity contribution < 1.29 is 13.5 Å². The standard InChI is InChI=1S/C8H11ClF2N4O/c1-2-3-16-8-14-6(9)13-7(15-8)12-4-5(10)11/h5H,2-4H2,1H3,(H,12,13,14,15). The fourth-order valence-corrected chi connectivity index (χ4v) is 0.990. The Kier molecular flexibility index (Phi) is 5.10. The molecule has 1 heterocycles. The van der Waals surface area contributed by atoms with Crippen LogP contribution in [-0.4, -0.2) is 34.5 Å². The molecule has 0 aliphatic heterocycles. The minimum Gasteiger partial charge on any atom is -0.463 e. The van der Waals surface area contributed by atoms with E-state index in [0.29, 0.717) is 6.61 Å². The average Bonchev–Trinajstić information content (AvgIpc) is 2.23. The van der Waals surface area contributed by atoms with Gasteiger partial charge >= 0.3 is 6.01 Å². The first kappa shape index (κ1) is 12.8. The van der Waals surface area contributed by atoms with Crippen LogP contribution < -0.4 is 10.1 Å². The van der Waals surface area contributed by atoms with E-state index in [2.05, 4.69) is 20.3 Å². The topological polar surface area (TPSA) is 59.9 Å². The largest absolute Gasteiger partial charge is 0.463 e. The lowest BCUT2D eigenvalue weighted by atomic mass is 10.5. The molecule has 1 aromatic rings. The molecule has 0 bridgehead atoms. The van der Waals surface area contributed by atoms with E-state index in [1.54, 1.807) is 0 Å². The molecule has 16 heavy (non-hydrogen) atoms. The van der Waals surface area contributed by atoms with Crippen LogP contribution in [0.1, 0.15) is 13.3 Å². The molecule has 5 nitrogen and oxygen atoms in total. The first-order valence-corrected chi connectivity index (χ1v) is 5.06. The molecule has 8 heteroatoms. The summed E-state index contributed by atoms with van der Waals surface area (Å²) in [5.74, 6) is -0.0218. The number of halogens is 3. The van der Waals surface area contributed by atoms with Gasteiger partial charge in [0.05, 0.1) is 13.2 Å². The number of ether oxygens (including phenoxy) is 1. The number of hydrogen-bond donors (Lipinski definition) is 1. The lowest BCUT2D eigenvalue weighted by Gasteiger charge is -2.06. The molecule has 0 saturated carbocycles. The van der Waals surface area contributed by atoms with Crippen molar-refractivity contribution in [3.63, 3.8) is 0 Å². The van der Waals surface area contributed by atoms with E-state index in [-0.39, 0.29) is 17.2 Å². The van der Waals surface area contributed by atoms with Gasteiger partial charge in [0.15, 0.2) is 0 Å². The molecule has 0 radical (unpaired) electrons. The molecule has 0 aliphatic rings. The van der Waals surface area contributed by atoms with Gasteiger partial charge in [0.2, 0.25) is 11.2 Å². The summed E-state index contributed by atoms with van der Waals surface area (Å²) in [4.78, 5) is 11.1. The van der Waals surface area contributed by atoms with Gasteiger partial charge in [-0.25, -0.2) is 8.78 Å². The Bertz CT molecular complexity index is 340. The van der Waals surface area contributed by atoms with Crippen LogP contribution in [0.25, 0.3) is 0 Å². The molecule has 90 valence electrons. The normalized spacial score (nSPS) is 10.6. The Morgan fingerprint density at radius 1 is 1.38 bits per heavy atom. The van der Waals surface area contributed by atoms with E-state index >= 15 is 0 Å². The van der Waals surface area contributed by atoms with Crippen LogP contribution in [0.15, 0.2) is 0 Å². The molecule has 0 saturated heterocycles. The van der Waals surface area contributed by atoms with Crippen LogP contribution in [0.4, 0.5) is 14.7 Å². The molecular weight excluding hydrogens is 242 g/mol. The first-order valence-electron chi connectivity index (χ1n) is 4.68. The molecule has 1 aromatic heterocycles. The highest BCUT2D eigenvalue weighted by Crippen LogP contribution is 2.11. The maximum absolute atomic E-state index is 11.9. The summed E-state index contributed by atoms with van der Waals surface area (Å²) in [5.41, 5.74) is 0. The third kappa shape index (κ3) is 4.52. The molecule has 0 amide bonds. The van der Waals surface area contributed by atoms with Gasteiger partial charge in [0.1, 0.15) is 0 Å². The molecular formula is C8H11ClF2N4O. The van der Waals surface area contributed by atoms with Crippen molar-refractivity contribution in [3.8, 4) is 6.01 Å². The van der Waals surface area contributed by atoms with E-state index in [9.17, 15) is 8.78 Å². The SMILES string of the molecule is CCCOc1nc(Cl)nc(NCC(F)F)n1. The highest BCUT2D eigenvalue weighted by Gasteiger charge is 2.08. The number of aromatic nitrogens is 3. The quantitative estimate of drug-likeness (QED) is 0.839. The molecule has 0 aromatic carbocycles. The molecule has 0 aliphatic carbocycles. The van der Waals surface area contributed by atoms with Crippen molar-refractivity contribution in [1.29, 1.82) is 0 Å². The van der Waals surface area contributed by atoms with E-state index < -0.39 is 13.0 Å². The van der Waals surface area contributed by atoms with Gasteiger partial charge in [-0.2, -0.15) is 15.0 Å². The predicted molar refractivity (Wildman–Crippen MR) is 55.1 cm³/mol. The van der Waals surface area contributed by atoms with Crippen LogP contribution in [0, 0.1) is 0 Å². The van der Waals surface area contributed by atoms with Crippen molar-refractivity contribution >= 4 is 17.5 Å². The monoisotopic (exact) mass is 252 g/mol. The van der Waals surface area contributed by atoms with Gasteiger partial charge in [-0.3, -0.25) is 0 Å². The van der Waals surface area contributed by atoms with Gasteiger partial charge in [-0.1, -0.05) is 6.92 Å². The summed E-state index contributed by atoms with van der Waals surface area (Å²) in [5, 5.41) is 2.23. The summed E-state index contributed by atoms with van der Waals surface area (Å²) >= 11 is 5.57. The number of nitrogens with zero attached hydrogens (tertiary/aromatic N) is 3. The fraction of sp³-hybridized carbons (Fsp3) is 0.625. The maximum atomic E-state index is 11.9. The van der Waals surface area contributed by atoms with Crippen molar-refractivity contribution in [3.05, 3.63) is 5.28 Å². The van der Waals surface area contributed by atoms with Gasteiger partial charge < -0.3 is 10.1 Å². The third-order valence-corrected chi connectivity index (χ3v) is 1.61. The van der Waals surface area contributed by atoms with E-state index in [4.69, 9.17) is 16.3 Å². The first-order chi connectivity index (χ1) is 7.61. The van der Waals surface area contributed by atoms with E-state index in [0.717, 1.165) is 6.42 Å². The second-order valence-corrected chi connectivity index (χ2v) is 3.17. The lowest BCUT2D eigenvalue weighted by Crippen LogP contribution is -2.13. The second-order valence-electron chi connectivity index (χ2n) is 2.83. The zero-order valence-electron chi connectivity index (χ0n) is 8.58. The van der Waals surface area contributed by atoms with Gasteiger partial charge in [-0.15, -0.1) is 0 Å². The minimum atomic E-state index is -2.49. The Balaban J connectivity index is 2.65. The van der Waals surface area contributed by atoms with Crippen molar-refractivity contribution in [2.45, 2.75) is 19.8 Å². The minimum absolute atomic E-state index is 0.0218. The molecule has 0 atom stereocenters. The van der Waals surface area contributed by atoms with Crippen LogP contribution in [0.3, 0.4) is 0 Å². The van der Waals surface area contributed by atoms with Crippen molar-refractivity contribution in [2.24, 2.45) is 0 Å². The Labute approximate surface area is 96.2 Å². The number of anilines is 1. The van der Waals surface area contributed by atoms with Crippen LogP contribution >= 0.6 is 11.6 Å². The number of nitrogens with one attached hydrogen (secondary N) is 1. The van der Waals surface area contributed by atoms with Crippen LogP contribution in [0.5, 0.6) is 6.01 Å². The van der Waals surface area contributed by atoms with Crippen LogP contribution in [-0.2, 0) is 0 Å². The maximum Gasteiger partial charge on any atom is 0.322 e. The summed E-state index contributed by atoms with van der Waals surface area (Å²) in [6.07, 6.45) is -1.71. The Hall–Kier alpha value is -1.24. The van der Waals surface area contributed by atoms with Gasteiger partial charge in [-0.05, 0) is 18.0 Å². The highest BCUT2D eigenvalue weighted by atomic mass is 35.5. The molecule has 1 N–H and O–H groups in total. The fourth-order valence-electron chi connectivity index (χ4n) is 0.837. The Morgan fingerprint density at radius 3 is 2.75 bits per heavy atom. The van der Waals surface area contributed by atoms with Gasteiger partial charge in [0, 0.05) is 0 Å². The predicted octanol–water partition coefficient (Wildman–Crippen LogP) is 1.99. The summed E-state index contributed by atoms with van der Waals surface area (Å²) < 4.78 is 29.0. The smallest absolute Gasteiger partial charge is 0.322 e. The molecule has 0 spiro atoms. The third-order valence-electron chi connectivity index (χ3n) is 1.44. The van der Waals surface area contributed by atoms with Crippen LogP contribution in [0.2, 0.25) is 5.28 Å². The van der Waals surface area contributed by atoms with Gasteiger partial charge in [0.25, 0.3) is 6.43 Å². The average molecular weight is 253 g/mol. The zero-order chi connectivity index (χ0) is 12.0. The molecule has 0 fully saturated rings. The summed E-state index contributed by atoms with van der Waals surface area (Å²) in [7, 11) is 0. The number of alkyl halides is 2. The highest BCUT2D eigenvalue weighted by molar-refractivity contribution is 6.28. The van der Waals surface area contributed by atoms with E-state index in [1.165, 1.54) is 0 Å². The second kappa shape index (κ2) is 6.37. The lowest BCUT2D eigenvalue weighted by molar-refractivity contribution is 0.163. The summed E-state index contributed by atoms with van der Waals surface area (Å²) in [6.45, 7) is 1.79. The Morgan fingerprint density at radius 2 is 2.12 bits per heavy atom. The number of hydrogen-bond acceptors (Lipinski definition) is 5. The number of rotatable bonds is 6. The molecule has 1 rings (SSSR count). The van der Waals surface area contributed by atoms with E-state index in [1.807, 2.05) is 6.92 Å². The van der Waals surface area contributed by atoms with Crippen molar-refractivity contribution in [2.75, 3.05) is 18.5 Å². The molecule has 0 unspecified atom stereocenters. The zero-order valence-corrected chi connectivity index (χ0v) is 9.34.